The topological polar surface area (TPSA) is 103 Å². The summed E-state index contributed by atoms with van der Waals surface area (Å²) >= 11 is 0. The van der Waals surface area contributed by atoms with Crippen LogP contribution in [-0.4, -0.2) is 23.3 Å². The van der Waals surface area contributed by atoms with Gasteiger partial charge in [0, 0.05) is 12.7 Å². The maximum Gasteiger partial charge on any atom is 0.270 e. The Balaban J connectivity index is 1.82. The lowest BCUT2D eigenvalue weighted by molar-refractivity contribution is 0.185. The number of hydrogen-bond donors (Lipinski definition) is 2. The van der Waals surface area contributed by atoms with E-state index >= 15 is 0 Å². The molecule has 0 aliphatic heterocycles. The predicted octanol–water partition coefficient (Wildman–Crippen LogP) is 2.90. The molecule has 0 saturated heterocycles. The van der Waals surface area contributed by atoms with Gasteiger partial charge in [0.1, 0.15) is 11.6 Å². The maximum absolute atomic E-state index is 12.2. The summed E-state index contributed by atoms with van der Waals surface area (Å²) in [5.41, 5.74) is 5.08. The maximum atomic E-state index is 12.2. The van der Waals surface area contributed by atoms with Crippen molar-refractivity contribution in [1.82, 2.24) is 9.97 Å². The van der Waals surface area contributed by atoms with Gasteiger partial charge in [0.05, 0.1) is 18.5 Å². The number of methoxy groups -OCH3 is 1. The van der Waals surface area contributed by atoms with E-state index in [1.807, 2.05) is 48.5 Å². The fraction of sp³-hybridized carbons (Fsp3) is 0.100. The van der Waals surface area contributed by atoms with Gasteiger partial charge in [0.25, 0.3) is 5.56 Å². The number of H-pyrrole nitrogens is 1. The van der Waals surface area contributed by atoms with Crippen LogP contribution in [0.1, 0.15) is 16.7 Å². The van der Waals surface area contributed by atoms with E-state index in [2.05, 4.69) is 20.5 Å². The van der Waals surface area contributed by atoms with Crippen LogP contribution in [0.4, 0.5) is 5.95 Å². The van der Waals surface area contributed by atoms with Gasteiger partial charge >= 0.3 is 0 Å². The van der Waals surface area contributed by atoms with Crippen LogP contribution >= 0.6 is 0 Å². The van der Waals surface area contributed by atoms with Crippen molar-refractivity contribution in [2.24, 2.45) is 5.10 Å². The van der Waals surface area contributed by atoms with E-state index in [1.54, 1.807) is 25.5 Å². The van der Waals surface area contributed by atoms with Crippen molar-refractivity contribution >= 4 is 12.2 Å². The zero-order valence-electron chi connectivity index (χ0n) is 14.6. The summed E-state index contributed by atoms with van der Waals surface area (Å²) < 4.78 is 5.07. The second-order valence-electron chi connectivity index (χ2n) is 5.66. The molecule has 1 heterocycles. The van der Waals surface area contributed by atoms with Gasteiger partial charge in [0.15, 0.2) is 0 Å². The van der Waals surface area contributed by atoms with Gasteiger partial charge in [-0.05, 0) is 11.1 Å². The van der Waals surface area contributed by atoms with Gasteiger partial charge in [-0.3, -0.25) is 9.78 Å². The van der Waals surface area contributed by atoms with E-state index < -0.39 is 5.56 Å². The summed E-state index contributed by atoms with van der Waals surface area (Å²) in [5.74, 6) is 0.158. The number of benzene rings is 2. The van der Waals surface area contributed by atoms with Crippen molar-refractivity contribution in [2.75, 3.05) is 12.5 Å². The van der Waals surface area contributed by atoms with Crippen molar-refractivity contribution < 1.29 is 4.74 Å². The Morgan fingerprint density at radius 2 is 1.96 bits per heavy atom. The summed E-state index contributed by atoms with van der Waals surface area (Å²) in [6.07, 6.45) is 1.61. The number of hydrogen-bond acceptors (Lipinski definition) is 6. The van der Waals surface area contributed by atoms with Crippen LogP contribution in [0.2, 0.25) is 0 Å². The van der Waals surface area contributed by atoms with Crippen LogP contribution < -0.4 is 11.0 Å². The second kappa shape index (κ2) is 8.56. The quantitative estimate of drug-likeness (QED) is 0.520. The number of hydrazone groups is 1. The molecule has 0 bridgehead atoms. The molecule has 0 aliphatic rings. The Hall–Kier alpha value is -3.76. The molecule has 7 nitrogen and oxygen atoms in total. The first-order valence-corrected chi connectivity index (χ1v) is 8.18. The number of nitrogens with one attached hydrogen (secondary N) is 2. The van der Waals surface area contributed by atoms with Crippen LogP contribution in [0.3, 0.4) is 0 Å². The van der Waals surface area contributed by atoms with Crippen LogP contribution in [0.15, 0.2) is 64.5 Å². The summed E-state index contributed by atoms with van der Waals surface area (Å²) in [4.78, 5) is 19.0. The molecule has 2 aromatic carbocycles. The lowest BCUT2D eigenvalue weighted by Crippen LogP contribution is -2.16. The van der Waals surface area contributed by atoms with Gasteiger partial charge in [-0.25, -0.2) is 10.4 Å². The molecule has 0 fully saturated rings. The van der Waals surface area contributed by atoms with E-state index in [0.29, 0.717) is 17.9 Å². The molecule has 0 atom stereocenters. The molecular weight excluding hydrogens is 342 g/mol. The van der Waals surface area contributed by atoms with Gasteiger partial charge in [-0.1, -0.05) is 54.6 Å². The molecule has 7 heteroatoms. The third-order valence-corrected chi connectivity index (χ3v) is 3.75. The molecule has 134 valence electrons. The predicted molar refractivity (Wildman–Crippen MR) is 103 cm³/mol. The number of ether oxygens (including phenoxy) is 1. The first-order chi connectivity index (χ1) is 13.2. The SMILES string of the molecule is COCc1ccc(C=NNc2nc(-c3ccccc3)c(C#N)c(=O)[nH]2)cc1. The average Bonchev–Trinajstić information content (AvgIpc) is 2.70. The Kier molecular flexibility index (Phi) is 5.72. The summed E-state index contributed by atoms with van der Waals surface area (Å²) in [6.45, 7) is 0.550. The molecular formula is C20H17N5O2. The zero-order valence-corrected chi connectivity index (χ0v) is 14.6. The summed E-state index contributed by atoms with van der Waals surface area (Å²) in [5, 5.41) is 13.4. The van der Waals surface area contributed by atoms with Crippen LogP contribution in [0.5, 0.6) is 0 Å². The van der Waals surface area contributed by atoms with Crippen molar-refractivity contribution in [3.8, 4) is 17.3 Å². The van der Waals surface area contributed by atoms with E-state index in [-0.39, 0.29) is 11.5 Å². The molecule has 0 amide bonds. The normalized spacial score (nSPS) is 10.7. The summed E-state index contributed by atoms with van der Waals surface area (Å²) in [6, 6.07) is 18.7. The van der Waals surface area contributed by atoms with E-state index in [9.17, 15) is 10.1 Å². The molecule has 27 heavy (non-hydrogen) atoms. The minimum absolute atomic E-state index is 0.0375. The average molecular weight is 359 g/mol. The van der Waals surface area contributed by atoms with Crippen molar-refractivity contribution in [3.63, 3.8) is 0 Å². The number of aromatic nitrogens is 2. The standard InChI is InChI=1S/C20H17N5O2/c1-27-13-15-9-7-14(8-10-15)12-22-25-20-23-18(16-5-3-2-4-6-16)17(11-21)19(26)24-20/h2-10,12H,13H2,1H3,(H2,23,24,25,26). The Morgan fingerprint density at radius 1 is 1.22 bits per heavy atom. The third-order valence-electron chi connectivity index (χ3n) is 3.75. The minimum atomic E-state index is -0.520. The molecule has 3 aromatic rings. The molecule has 3 rings (SSSR count). The highest BCUT2D eigenvalue weighted by Gasteiger charge is 2.12. The van der Waals surface area contributed by atoms with Crippen LogP contribution in [0.25, 0.3) is 11.3 Å². The van der Waals surface area contributed by atoms with Crippen molar-refractivity contribution in [2.45, 2.75) is 6.61 Å². The highest BCUT2D eigenvalue weighted by Crippen LogP contribution is 2.19. The fourth-order valence-corrected chi connectivity index (χ4v) is 2.47. The number of anilines is 1. The molecule has 0 unspecified atom stereocenters. The summed E-state index contributed by atoms with van der Waals surface area (Å²) in [7, 11) is 1.65. The van der Waals surface area contributed by atoms with Gasteiger partial charge < -0.3 is 4.74 Å². The van der Waals surface area contributed by atoms with Gasteiger partial charge in [0.2, 0.25) is 5.95 Å². The van der Waals surface area contributed by atoms with E-state index in [1.165, 1.54) is 0 Å². The third kappa shape index (κ3) is 4.45. The Bertz CT molecular complexity index is 1030. The van der Waals surface area contributed by atoms with Crippen LogP contribution in [0, 0.1) is 11.3 Å². The second-order valence-corrected chi connectivity index (χ2v) is 5.66. The molecule has 0 saturated carbocycles. The molecule has 0 radical (unpaired) electrons. The molecule has 0 spiro atoms. The highest BCUT2D eigenvalue weighted by molar-refractivity contribution is 5.80. The van der Waals surface area contributed by atoms with Crippen LogP contribution in [-0.2, 0) is 11.3 Å². The Morgan fingerprint density at radius 3 is 2.63 bits per heavy atom. The molecule has 0 aliphatic carbocycles. The first kappa shape index (κ1) is 18.0. The van der Waals surface area contributed by atoms with Crippen molar-refractivity contribution in [1.29, 1.82) is 5.26 Å². The number of nitrogens with zero attached hydrogens (tertiary/aromatic N) is 3. The van der Waals surface area contributed by atoms with E-state index in [4.69, 9.17) is 4.74 Å². The van der Waals surface area contributed by atoms with Crippen molar-refractivity contribution in [3.05, 3.63) is 81.6 Å². The minimum Gasteiger partial charge on any atom is -0.380 e. The number of nitriles is 1. The smallest absolute Gasteiger partial charge is 0.270 e. The first-order valence-electron chi connectivity index (χ1n) is 8.18. The fourth-order valence-electron chi connectivity index (χ4n) is 2.47. The zero-order chi connectivity index (χ0) is 19.1. The van der Waals surface area contributed by atoms with E-state index in [0.717, 1.165) is 11.1 Å². The highest BCUT2D eigenvalue weighted by atomic mass is 16.5. The Labute approximate surface area is 156 Å². The lowest BCUT2D eigenvalue weighted by Gasteiger charge is -2.06. The van der Waals surface area contributed by atoms with Gasteiger partial charge in [-0.15, -0.1) is 0 Å². The largest absolute Gasteiger partial charge is 0.380 e. The lowest BCUT2D eigenvalue weighted by atomic mass is 10.1. The number of aromatic amines is 1. The monoisotopic (exact) mass is 359 g/mol. The molecule has 2 N–H and O–H groups in total. The number of rotatable bonds is 6. The molecule has 1 aromatic heterocycles. The van der Waals surface area contributed by atoms with Gasteiger partial charge in [-0.2, -0.15) is 10.4 Å².